The molecule has 4 nitrogen and oxygen atoms in total. The molecule has 5 heteroatoms. The van der Waals surface area contributed by atoms with Gasteiger partial charge in [0.2, 0.25) is 0 Å². The van der Waals surface area contributed by atoms with Crippen LogP contribution in [0, 0.1) is 0 Å². The first-order chi connectivity index (χ1) is 13.6. The second kappa shape index (κ2) is 7.74. The molecule has 0 aliphatic rings. The van der Waals surface area contributed by atoms with Crippen LogP contribution in [0.25, 0.3) is 28.1 Å². The predicted molar refractivity (Wildman–Crippen MR) is 115 cm³/mol. The minimum absolute atomic E-state index is 0.103. The maximum atomic E-state index is 13.0. The predicted octanol–water partition coefficient (Wildman–Crippen LogP) is 5.25. The highest BCUT2D eigenvalue weighted by Gasteiger charge is 2.19. The summed E-state index contributed by atoms with van der Waals surface area (Å²) in [5, 5.41) is 0.776. The lowest BCUT2D eigenvalue weighted by Gasteiger charge is -2.11. The van der Waals surface area contributed by atoms with Crippen molar-refractivity contribution < 1.29 is 4.79 Å². The average molecular weight is 431 g/mol. The molecule has 0 spiro atoms. The number of aromatic nitrogens is 2. The zero-order valence-electron chi connectivity index (χ0n) is 14.7. The fourth-order valence-electron chi connectivity index (χ4n) is 3.13. The summed E-state index contributed by atoms with van der Waals surface area (Å²) in [6.07, 6.45) is 6.46. The number of carbonyl (C=O) groups is 1. The molecular formula is C23H15BrN2O2. The highest BCUT2D eigenvalue weighted by molar-refractivity contribution is 9.10. The summed E-state index contributed by atoms with van der Waals surface area (Å²) in [4.78, 5) is 32.8. The van der Waals surface area contributed by atoms with Crippen LogP contribution in [-0.4, -0.2) is 15.8 Å². The van der Waals surface area contributed by atoms with E-state index in [1.807, 2.05) is 54.6 Å². The van der Waals surface area contributed by atoms with Crippen LogP contribution in [0.5, 0.6) is 0 Å². The van der Waals surface area contributed by atoms with Gasteiger partial charge in [-0.3, -0.25) is 14.6 Å². The third kappa shape index (κ3) is 3.57. The van der Waals surface area contributed by atoms with E-state index in [0.29, 0.717) is 16.6 Å². The summed E-state index contributed by atoms with van der Waals surface area (Å²) >= 11 is 3.47. The van der Waals surface area contributed by atoms with Crippen LogP contribution in [0.1, 0.15) is 15.9 Å². The first-order valence-electron chi connectivity index (χ1n) is 8.67. The number of pyridine rings is 2. The summed E-state index contributed by atoms with van der Waals surface area (Å²) in [6, 6.07) is 18.7. The molecule has 2 aromatic heterocycles. The number of ketones is 1. The van der Waals surface area contributed by atoms with Crippen molar-refractivity contribution in [1.29, 1.82) is 0 Å². The van der Waals surface area contributed by atoms with Crippen molar-refractivity contribution in [2.24, 2.45) is 0 Å². The molecule has 1 N–H and O–H groups in total. The van der Waals surface area contributed by atoms with Gasteiger partial charge in [-0.25, -0.2) is 0 Å². The number of hydrogen-bond acceptors (Lipinski definition) is 3. The number of halogens is 1. The standard InChI is InChI=1S/C23H15BrN2O2/c24-17-9-10-19-18(13-17)21(16-7-4-12-25-14-16)22(23(28)26-19)20(27)11-8-15-5-2-1-3-6-15/h1-14H,(H,26,28)/b11-8+. The topological polar surface area (TPSA) is 62.8 Å². The molecule has 0 aliphatic carbocycles. The molecule has 0 amide bonds. The Morgan fingerprint density at radius 2 is 1.86 bits per heavy atom. The quantitative estimate of drug-likeness (QED) is 0.355. The number of aromatic amines is 1. The molecular weight excluding hydrogens is 416 g/mol. The Morgan fingerprint density at radius 3 is 2.61 bits per heavy atom. The lowest BCUT2D eigenvalue weighted by atomic mass is 9.95. The van der Waals surface area contributed by atoms with Crippen molar-refractivity contribution in [3.8, 4) is 11.1 Å². The van der Waals surface area contributed by atoms with Gasteiger partial charge in [-0.05, 0) is 35.9 Å². The average Bonchev–Trinajstić information content (AvgIpc) is 2.73. The van der Waals surface area contributed by atoms with Gasteiger partial charge in [0.15, 0.2) is 5.78 Å². The monoisotopic (exact) mass is 430 g/mol. The molecule has 136 valence electrons. The lowest BCUT2D eigenvalue weighted by Crippen LogP contribution is -2.18. The number of carbonyl (C=O) groups excluding carboxylic acids is 1. The van der Waals surface area contributed by atoms with Gasteiger partial charge in [-0.1, -0.05) is 58.4 Å². The number of rotatable bonds is 4. The Bertz CT molecular complexity index is 1250. The summed E-state index contributed by atoms with van der Waals surface area (Å²) < 4.78 is 0.857. The molecule has 0 radical (unpaired) electrons. The van der Waals surface area contributed by atoms with Gasteiger partial charge >= 0.3 is 0 Å². The van der Waals surface area contributed by atoms with E-state index >= 15 is 0 Å². The maximum absolute atomic E-state index is 13.0. The Balaban J connectivity index is 1.95. The molecule has 4 rings (SSSR count). The van der Waals surface area contributed by atoms with Crippen LogP contribution in [0.15, 0.2) is 88.4 Å². The van der Waals surface area contributed by atoms with E-state index in [9.17, 15) is 9.59 Å². The lowest BCUT2D eigenvalue weighted by molar-refractivity contribution is 0.104. The second-order valence-electron chi connectivity index (χ2n) is 6.24. The molecule has 0 saturated heterocycles. The molecule has 0 bridgehead atoms. The SMILES string of the molecule is O=C(/C=C/c1ccccc1)c1c(-c2cccnc2)c2cc(Br)ccc2[nH]c1=O. The van der Waals surface area contributed by atoms with Gasteiger partial charge in [0.05, 0.1) is 5.56 Å². The summed E-state index contributed by atoms with van der Waals surface area (Å²) in [5.41, 5.74) is 2.53. The number of fused-ring (bicyclic) bond motifs is 1. The Labute approximate surface area is 169 Å². The van der Waals surface area contributed by atoms with Gasteiger partial charge in [-0.2, -0.15) is 0 Å². The first kappa shape index (κ1) is 18.1. The van der Waals surface area contributed by atoms with Gasteiger partial charge in [0.25, 0.3) is 5.56 Å². The smallest absolute Gasteiger partial charge is 0.260 e. The van der Waals surface area contributed by atoms with Gasteiger partial charge in [-0.15, -0.1) is 0 Å². The van der Waals surface area contributed by atoms with Crippen LogP contribution in [0.4, 0.5) is 0 Å². The zero-order valence-corrected chi connectivity index (χ0v) is 16.3. The number of nitrogens with zero attached hydrogens (tertiary/aromatic N) is 1. The van der Waals surface area contributed by atoms with Crippen LogP contribution < -0.4 is 5.56 Å². The van der Waals surface area contributed by atoms with Crippen molar-refractivity contribution in [3.63, 3.8) is 0 Å². The number of hydrogen-bond donors (Lipinski definition) is 1. The fourth-order valence-corrected chi connectivity index (χ4v) is 3.49. The summed E-state index contributed by atoms with van der Waals surface area (Å²) in [6.45, 7) is 0. The van der Waals surface area contributed by atoms with E-state index in [0.717, 1.165) is 15.4 Å². The molecule has 0 saturated carbocycles. The maximum Gasteiger partial charge on any atom is 0.260 e. The third-order valence-corrected chi connectivity index (χ3v) is 4.89. The van der Waals surface area contributed by atoms with E-state index < -0.39 is 5.56 Å². The number of benzene rings is 2. The van der Waals surface area contributed by atoms with E-state index in [4.69, 9.17) is 0 Å². The Hall–Kier alpha value is -3.31. The molecule has 0 aliphatic heterocycles. The van der Waals surface area contributed by atoms with Crippen molar-refractivity contribution in [3.05, 3.63) is 105 Å². The molecule has 0 fully saturated rings. The molecule has 0 atom stereocenters. The summed E-state index contributed by atoms with van der Waals surface area (Å²) in [5.74, 6) is -0.356. The van der Waals surface area contributed by atoms with Crippen molar-refractivity contribution in [1.82, 2.24) is 9.97 Å². The highest BCUT2D eigenvalue weighted by Crippen LogP contribution is 2.31. The van der Waals surface area contributed by atoms with Crippen molar-refractivity contribution in [2.45, 2.75) is 0 Å². The van der Waals surface area contributed by atoms with Gasteiger partial charge in [0.1, 0.15) is 0 Å². The first-order valence-corrected chi connectivity index (χ1v) is 9.46. The fraction of sp³-hybridized carbons (Fsp3) is 0. The van der Waals surface area contributed by atoms with E-state index in [2.05, 4.69) is 25.9 Å². The zero-order chi connectivity index (χ0) is 19.5. The van der Waals surface area contributed by atoms with Crippen molar-refractivity contribution in [2.75, 3.05) is 0 Å². The molecule has 2 aromatic carbocycles. The molecule has 28 heavy (non-hydrogen) atoms. The van der Waals surface area contributed by atoms with Gasteiger partial charge < -0.3 is 4.98 Å². The minimum Gasteiger partial charge on any atom is -0.321 e. The number of allylic oxidation sites excluding steroid dienone is 1. The van der Waals surface area contributed by atoms with Crippen LogP contribution in [-0.2, 0) is 0 Å². The second-order valence-corrected chi connectivity index (χ2v) is 7.16. The molecule has 0 unspecified atom stereocenters. The normalized spacial score (nSPS) is 11.2. The molecule has 2 heterocycles. The Kier molecular flexibility index (Phi) is 5.00. The highest BCUT2D eigenvalue weighted by atomic mass is 79.9. The third-order valence-electron chi connectivity index (χ3n) is 4.40. The van der Waals surface area contributed by atoms with Crippen LogP contribution in [0.3, 0.4) is 0 Å². The van der Waals surface area contributed by atoms with E-state index in [-0.39, 0.29) is 11.3 Å². The Morgan fingerprint density at radius 1 is 1.04 bits per heavy atom. The largest absolute Gasteiger partial charge is 0.321 e. The van der Waals surface area contributed by atoms with E-state index in [1.165, 1.54) is 6.08 Å². The van der Waals surface area contributed by atoms with Crippen molar-refractivity contribution >= 4 is 38.7 Å². The summed E-state index contributed by atoms with van der Waals surface area (Å²) in [7, 11) is 0. The van der Waals surface area contributed by atoms with E-state index in [1.54, 1.807) is 24.5 Å². The number of H-pyrrole nitrogens is 1. The molecule has 4 aromatic rings. The number of nitrogens with one attached hydrogen (secondary N) is 1. The minimum atomic E-state index is -0.420. The van der Waals surface area contributed by atoms with Crippen LogP contribution >= 0.6 is 15.9 Å². The van der Waals surface area contributed by atoms with Crippen LogP contribution in [0.2, 0.25) is 0 Å². The van der Waals surface area contributed by atoms with Gasteiger partial charge in [0, 0.05) is 38.9 Å².